The van der Waals surface area contributed by atoms with Crippen molar-refractivity contribution < 1.29 is 0 Å². The first-order chi connectivity index (χ1) is 10.5. The zero-order valence-corrected chi connectivity index (χ0v) is 17.1. The van der Waals surface area contributed by atoms with Crippen LogP contribution in [-0.4, -0.2) is 24.6 Å². The molecule has 0 aliphatic heterocycles. The molecular formula is C20H27NSn. The van der Waals surface area contributed by atoms with Gasteiger partial charge in [-0.1, -0.05) is 13.3 Å². The summed E-state index contributed by atoms with van der Waals surface area (Å²) >= 11 is -1.92. The SMILES string of the molecule is CCCCc1ccc(N=Cc2cc[c]([Sn]([CH3])([CH3])[CH3])cc2)cc1. The molecule has 0 atom stereocenters. The zero-order chi connectivity index (χ0) is 16.0. The molecule has 116 valence electrons. The third kappa shape index (κ3) is 5.27. The van der Waals surface area contributed by atoms with Crippen molar-refractivity contribution in [1.29, 1.82) is 0 Å². The molecule has 0 aromatic heterocycles. The Morgan fingerprint density at radius 1 is 0.909 bits per heavy atom. The van der Waals surface area contributed by atoms with Crippen LogP contribution in [0.5, 0.6) is 0 Å². The number of unbranched alkanes of at least 4 members (excludes halogenated alkanes) is 1. The van der Waals surface area contributed by atoms with Gasteiger partial charge < -0.3 is 0 Å². The third-order valence-electron chi connectivity index (χ3n) is 3.89. The second-order valence-electron chi connectivity index (χ2n) is 6.90. The van der Waals surface area contributed by atoms with Crippen LogP contribution in [0.2, 0.25) is 14.8 Å². The van der Waals surface area contributed by atoms with Crippen LogP contribution in [0.3, 0.4) is 0 Å². The second-order valence-corrected chi connectivity index (χ2v) is 21.4. The molecule has 0 aliphatic carbocycles. The first kappa shape index (κ1) is 17.3. The summed E-state index contributed by atoms with van der Waals surface area (Å²) in [6, 6.07) is 17.6. The summed E-state index contributed by atoms with van der Waals surface area (Å²) in [5, 5.41) is 0. The maximum atomic E-state index is 4.58. The molecule has 0 aliphatic rings. The summed E-state index contributed by atoms with van der Waals surface area (Å²) in [7, 11) is 0. The van der Waals surface area contributed by atoms with Crippen molar-refractivity contribution in [3.8, 4) is 0 Å². The van der Waals surface area contributed by atoms with Crippen LogP contribution in [0.4, 0.5) is 5.69 Å². The van der Waals surface area contributed by atoms with Crippen molar-refractivity contribution in [2.24, 2.45) is 4.99 Å². The molecule has 2 heteroatoms. The van der Waals surface area contributed by atoms with Gasteiger partial charge in [0.15, 0.2) is 0 Å². The van der Waals surface area contributed by atoms with Gasteiger partial charge in [0.25, 0.3) is 0 Å². The normalized spacial score (nSPS) is 12.0. The molecule has 0 heterocycles. The van der Waals surface area contributed by atoms with Crippen molar-refractivity contribution in [3.63, 3.8) is 0 Å². The first-order valence-corrected chi connectivity index (χ1v) is 18.2. The monoisotopic (exact) mass is 401 g/mol. The molecule has 0 saturated heterocycles. The number of rotatable bonds is 6. The van der Waals surface area contributed by atoms with E-state index in [2.05, 4.69) is 75.3 Å². The number of aryl methyl sites for hydroxylation is 1. The van der Waals surface area contributed by atoms with Crippen molar-refractivity contribution in [1.82, 2.24) is 0 Å². The van der Waals surface area contributed by atoms with E-state index in [1.807, 2.05) is 6.21 Å². The Balaban J connectivity index is 2.02. The van der Waals surface area contributed by atoms with Crippen molar-refractivity contribution in [2.75, 3.05) is 0 Å². The van der Waals surface area contributed by atoms with Crippen LogP contribution in [-0.2, 0) is 6.42 Å². The molecule has 0 radical (unpaired) electrons. The van der Waals surface area contributed by atoms with E-state index in [-0.39, 0.29) is 0 Å². The Morgan fingerprint density at radius 3 is 2.09 bits per heavy atom. The number of nitrogens with zero attached hydrogens (tertiary/aromatic N) is 1. The van der Waals surface area contributed by atoms with Gasteiger partial charge in [-0.05, 0) is 0 Å². The van der Waals surface area contributed by atoms with E-state index in [4.69, 9.17) is 0 Å². The van der Waals surface area contributed by atoms with E-state index in [0.717, 1.165) is 5.69 Å². The van der Waals surface area contributed by atoms with Crippen LogP contribution in [0.1, 0.15) is 30.9 Å². The summed E-state index contributed by atoms with van der Waals surface area (Å²) in [6.45, 7) is 2.23. The van der Waals surface area contributed by atoms with Gasteiger partial charge in [-0.2, -0.15) is 0 Å². The van der Waals surface area contributed by atoms with Gasteiger partial charge in [-0.15, -0.1) is 0 Å². The van der Waals surface area contributed by atoms with Crippen LogP contribution in [0.15, 0.2) is 53.5 Å². The van der Waals surface area contributed by atoms with Gasteiger partial charge in [-0.25, -0.2) is 0 Å². The fourth-order valence-electron chi connectivity index (χ4n) is 2.35. The van der Waals surface area contributed by atoms with E-state index < -0.39 is 18.4 Å². The van der Waals surface area contributed by atoms with Gasteiger partial charge in [0.1, 0.15) is 0 Å². The molecule has 0 spiro atoms. The van der Waals surface area contributed by atoms with E-state index in [9.17, 15) is 0 Å². The van der Waals surface area contributed by atoms with Crippen LogP contribution >= 0.6 is 0 Å². The maximum absolute atomic E-state index is 4.58. The van der Waals surface area contributed by atoms with Gasteiger partial charge in [-0.3, -0.25) is 0 Å². The standard InChI is InChI=1S/C17H18N.3CH3.Sn/c1-2-3-7-15-10-12-17(13-11-15)18-14-16-8-5-4-6-9-16;;;;/h5-6,8-14H,2-3,7H2,1H3;3*1H3;. The summed E-state index contributed by atoms with van der Waals surface area (Å²) in [5.74, 6) is 0. The van der Waals surface area contributed by atoms with E-state index in [1.165, 1.54) is 30.4 Å². The molecular weight excluding hydrogens is 373 g/mol. The van der Waals surface area contributed by atoms with Gasteiger partial charge >= 0.3 is 126 Å². The summed E-state index contributed by atoms with van der Waals surface area (Å²) in [6.07, 6.45) is 5.63. The van der Waals surface area contributed by atoms with E-state index in [1.54, 1.807) is 3.58 Å². The molecule has 0 fully saturated rings. The minimum atomic E-state index is -1.92. The quantitative estimate of drug-likeness (QED) is 0.460. The van der Waals surface area contributed by atoms with Crippen LogP contribution < -0.4 is 3.58 Å². The Labute approximate surface area is 139 Å². The topological polar surface area (TPSA) is 12.4 Å². The summed E-state index contributed by atoms with van der Waals surface area (Å²) in [5.41, 5.74) is 3.61. The fraction of sp³-hybridized carbons (Fsp3) is 0.350. The molecule has 0 amide bonds. The Bertz CT molecular complexity index is 604. The molecule has 2 aromatic rings. The van der Waals surface area contributed by atoms with Gasteiger partial charge in [0, 0.05) is 0 Å². The van der Waals surface area contributed by atoms with Gasteiger partial charge in [0.05, 0.1) is 0 Å². The third-order valence-corrected chi connectivity index (χ3v) is 9.79. The average Bonchev–Trinajstić information content (AvgIpc) is 2.51. The molecule has 0 bridgehead atoms. The fourth-order valence-corrected chi connectivity index (χ4v) is 5.68. The molecule has 0 saturated carbocycles. The molecule has 2 aromatic carbocycles. The summed E-state index contributed by atoms with van der Waals surface area (Å²) in [4.78, 5) is 11.9. The first-order valence-electron chi connectivity index (χ1n) is 8.22. The molecule has 22 heavy (non-hydrogen) atoms. The predicted octanol–water partition coefficient (Wildman–Crippen LogP) is 5.33. The van der Waals surface area contributed by atoms with Crippen LogP contribution in [0, 0.1) is 0 Å². The van der Waals surface area contributed by atoms with E-state index in [0.29, 0.717) is 0 Å². The second kappa shape index (κ2) is 7.96. The Hall–Kier alpha value is -1.09. The molecule has 2 rings (SSSR count). The van der Waals surface area contributed by atoms with Crippen molar-refractivity contribution in [3.05, 3.63) is 59.7 Å². The molecule has 1 nitrogen and oxygen atoms in total. The van der Waals surface area contributed by atoms with Crippen LogP contribution in [0.25, 0.3) is 0 Å². The van der Waals surface area contributed by atoms with Crippen molar-refractivity contribution >= 4 is 33.9 Å². The number of aliphatic imine (C=N–C) groups is 1. The number of hydrogen-bond donors (Lipinski definition) is 0. The molecule has 0 N–H and O–H groups in total. The number of hydrogen-bond acceptors (Lipinski definition) is 1. The Kier molecular flexibility index (Phi) is 6.24. The van der Waals surface area contributed by atoms with Crippen molar-refractivity contribution in [2.45, 2.75) is 41.0 Å². The Morgan fingerprint density at radius 2 is 1.55 bits per heavy atom. The summed E-state index contributed by atoms with van der Waals surface area (Å²) < 4.78 is 1.56. The van der Waals surface area contributed by atoms with E-state index >= 15 is 0 Å². The average molecular weight is 400 g/mol. The van der Waals surface area contributed by atoms with Gasteiger partial charge in [0.2, 0.25) is 0 Å². The molecule has 0 unspecified atom stereocenters. The predicted molar refractivity (Wildman–Crippen MR) is 102 cm³/mol. The minimum absolute atomic E-state index is 1.03. The zero-order valence-electron chi connectivity index (χ0n) is 14.3. The number of benzene rings is 2.